The van der Waals surface area contributed by atoms with Gasteiger partial charge in [-0.3, -0.25) is 9.48 Å². The van der Waals surface area contributed by atoms with E-state index < -0.39 is 5.97 Å². The fraction of sp³-hybridized carbons (Fsp3) is 0.571. The molecule has 2 heterocycles. The predicted molar refractivity (Wildman–Crippen MR) is 69.5 cm³/mol. The lowest BCUT2D eigenvalue weighted by Gasteiger charge is -2.19. The Balaban J connectivity index is 1.89. The zero-order valence-electron chi connectivity index (χ0n) is 11.1. The van der Waals surface area contributed by atoms with Crippen molar-refractivity contribution >= 4 is 11.5 Å². The molecule has 0 bridgehead atoms. The van der Waals surface area contributed by atoms with Gasteiger partial charge in [-0.05, 0) is 31.3 Å². The molecule has 0 amide bonds. The van der Waals surface area contributed by atoms with E-state index >= 15 is 0 Å². The zero-order valence-corrected chi connectivity index (χ0v) is 11.1. The Bertz CT molecular complexity index is 545. The van der Waals surface area contributed by atoms with E-state index in [4.69, 9.17) is 9.84 Å². The van der Waals surface area contributed by atoms with E-state index in [1.165, 1.54) is 11.1 Å². The first kappa shape index (κ1) is 12.4. The van der Waals surface area contributed by atoms with Crippen LogP contribution in [0.1, 0.15) is 36.2 Å². The SMILES string of the molecule is Cn1nc(C2=CCC(C(=O)O)CC2)c2c1COCC2. The molecular formula is C14H18N2O3. The van der Waals surface area contributed by atoms with Crippen LogP contribution in [0.15, 0.2) is 6.08 Å². The largest absolute Gasteiger partial charge is 0.481 e. The summed E-state index contributed by atoms with van der Waals surface area (Å²) in [5, 5.41) is 13.6. The number of aryl methyl sites for hydroxylation is 1. The lowest BCUT2D eigenvalue weighted by Crippen LogP contribution is -2.16. The molecular weight excluding hydrogens is 244 g/mol. The van der Waals surface area contributed by atoms with E-state index in [2.05, 4.69) is 11.2 Å². The van der Waals surface area contributed by atoms with Crippen molar-refractivity contribution in [3.8, 4) is 0 Å². The molecule has 1 aromatic rings. The molecule has 0 saturated carbocycles. The van der Waals surface area contributed by atoms with E-state index in [0.717, 1.165) is 30.8 Å². The molecule has 1 N–H and O–H groups in total. The summed E-state index contributed by atoms with van der Waals surface area (Å²) in [4.78, 5) is 11.0. The van der Waals surface area contributed by atoms with Gasteiger partial charge in [-0.15, -0.1) is 0 Å². The average Bonchev–Trinajstić information content (AvgIpc) is 2.77. The molecule has 3 rings (SSSR count). The molecule has 102 valence electrons. The van der Waals surface area contributed by atoms with Gasteiger partial charge in [-0.25, -0.2) is 0 Å². The standard InChI is InChI=1S/C14H18N2O3/c1-16-12-8-19-7-6-11(12)13(15-16)9-2-4-10(5-3-9)14(17)18/h2,10H,3-8H2,1H3,(H,17,18). The molecule has 5 nitrogen and oxygen atoms in total. The van der Waals surface area contributed by atoms with E-state index in [1.807, 2.05) is 11.7 Å². The third-order valence-corrected chi connectivity index (χ3v) is 4.07. The van der Waals surface area contributed by atoms with Crippen LogP contribution in [-0.4, -0.2) is 27.5 Å². The maximum Gasteiger partial charge on any atom is 0.306 e. The van der Waals surface area contributed by atoms with Crippen LogP contribution in [0.3, 0.4) is 0 Å². The summed E-state index contributed by atoms with van der Waals surface area (Å²) in [6, 6.07) is 0. The van der Waals surface area contributed by atoms with Crippen molar-refractivity contribution in [3.63, 3.8) is 0 Å². The second-order valence-electron chi connectivity index (χ2n) is 5.24. The number of aliphatic carboxylic acids is 1. The highest BCUT2D eigenvalue weighted by atomic mass is 16.5. The molecule has 0 saturated heterocycles. The summed E-state index contributed by atoms with van der Waals surface area (Å²) in [5.41, 5.74) is 4.71. The number of rotatable bonds is 2. The maximum atomic E-state index is 11.0. The summed E-state index contributed by atoms with van der Waals surface area (Å²) < 4.78 is 7.36. The van der Waals surface area contributed by atoms with Crippen molar-refractivity contribution in [1.82, 2.24) is 9.78 Å². The monoisotopic (exact) mass is 262 g/mol. The predicted octanol–water partition coefficient (Wildman–Crippen LogP) is 1.76. The molecule has 1 unspecified atom stereocenters. The molecule has 0 radical (unpaired) electrons. The van der Waals surface area contributed by atoms with Gasteiger partial charge in [0.1, 0.15) is 0 Å². The van der Waals surface area contributed by atoms with Crippen LogP contribution >= 0.6 is 0 Å². The van der Waals surface area contributed by atoms with Crippen LogP contribution in [0.5, 0.6) is 0 Å². The highest BCUT2D eigenvalue weighted by Crippen LogP contribution is 2.33. The fourth-order valence-electron chi connectivity index (χ4n) is 2.92. The summed E-state index contributed by atoms with van der Waals surface area (Å²) in [5.74, 6) is -0.918. The number of hydrogen-bond donors (Lipinski definition) is 1. The Morgan fingerprint density at radius 3 is 3.05 bits per heavy atom. The number of nitrogens with zero attached hydrogens (tertiary/aromatic N) is 2. The topological polar surface area (TPSA) is 64.4 Å². The number of carboxylic acid groups (broad SMARTS) is 1. The molecule has 1 aromatic heterocycles. The molecule has 1 aliphatic carbocycles. The van der Waals surface area contributed by atoms with Gasteiger partial charge in [0.05, 0.1) is 30.5 Å². The summed E-state index contributed by atoms with van der Waals surface area (Å²) in [6.07, 6.45) is 5.09. The Labute approximate surface area is 111 Å². The molecule has 0 aromatic carbocycles. The Morgan fingerprint density at radius 2 is 2.37 bits per heavy atom. The maximum absolute atomic E-state index is 11.0. The van der Waals surface area contributed by atoms with Crippen molar-refractivity contribution in [2.45, 2.75) is 32.3 Å². The van der Waals surface area contributed by atoms with Gasteiger partial charge in [0, 0.05) is 12.6 Å². The number of allylic oxidation sites excluding steroid dienone is 2. The minimum atomic E-state index is -0.688. The van der Waals surface area contributed by atoms with Crippen molar-refractivity contribution in [1.29, 1.82) is 0 Å². The van der Waals surface area contributed by atoms with Crippen LogP contribution < -0.4 is 0 Å². The number of aromatic nitrogens is 2. The Morgan fingerprint density at radius 1 is 1.53 bits per heavy atom. The van der Waals surface area contributed by atoms with Gasteiger partial charge < -0.3 is 9.84 Å². The van der Waals surface area contributed by atoms with Gasteiger partial charge in [0.15, 0.2) is 0 Å². The Kier molecular flexibility index (Phi) is 3.14. The third kappa shape index (κ3) is 2.18. The molecule has 0 spiro atoms. The Hall–Kier alpha value is -1.62. The lowest BCUT2D eigenvalue weighted by molar-refractivity contribution is -0.141. The van der Waals surface area contributed by atoms with E-state index in [0.29, 0.717) is 19.4 Å². The van der Waals surface area contributed by atoms with Gasteiger partial charge in [-0.1, -0.05) is 6.08 Å². The molecule has 0 fully saturated rings. The van der Waals surface area contributed by atoms with Crippen LogP contribution in [-0.2, 0) is 29.6 Å². The van der Waals surface area contributed by atoms with E-state index in [-0.39, 0.29) is 5.92 Å². The average molecular weight is 262 g/mol. The molecule has 2 aliphatic rings. The first-order valence-electron chi connectivity index (χ1n) is 6.71. The first-order valence-corrected chi connectivity index (χ1v) is 6.71. The highest BCUT2D eigenvalue weighted by Gasteiger charge is 2.26. The molecule has 1 atom stereocenters. The fourth-order valence-corrected chi connectivity index (χ4v) is 2.92. The van der Waals surface area contributed by atoms with E-state index in [9.17, 15) is 4.79 Å². The molecule has 5 heteroatoms. The smallest absolute Gasteiger partial charge is 0.306 e. The normalized spacial score (nSPS) is 22.8. The first-order chi connectivity index (χ1) is 9.16. The zero-order chi connectivity index (χ0) is 13.4. The van der Waals surface area contributed by atoms with Crippen LogP contribution in [0.2, 0.25) is 0 Å². The van der Waals surface area contributed by atoms with E-state index in [1.54, 1.807) is 0 Å². The number of carbonyl (C=O) groups is 1. The quantitative estimate of drug-likeness (QED) is 0.882. The van der Waals surface area contributed by atoms with Crippen molar-refractivity contribution in [2.24, 2.45) is 13.0 Å². The number of fused-ring (bicyclic) bond motifs is 1. The number of hydrogen-bond acceptors (Lipinski definition) is 3. The second-order valence-corrected chi connectivity index (χ2v) is 5.24. The highest BCUT2D eigenvalue weighted by molar-refractivity contribution is 5.74. The van der Waals surface area contributed by atoms with Crippen LogP contribution in [0.25, 0.3) is 5.57 Å². The number of carboxylic acids is 1. The van der Waals surface area contributed by atoms with Crippen molar-refractivity contribution in [2.75, 3.05) is 6.61 Å². The minimum absolute atomic E-state index is 0.230. The van der Waals surface area contributed by atoms with Gasteiger partial charge >= 0.3 is 5.97 Å². The molecule has 19 heavy (non-hydrogen) atoms. The number of ether oxygens (including phenoxy) is 1. The van der Waals surface area contributed by atoms with Crippen LogP contribution in [0, 0.1) is 5.92 Å². The van der Waals surface area contributed by atoms with Gasteiger partial charge in [0.2, 0.25) is 0 Å². The van der Waals surface area contributed by atoms with Gasteiger partial charge in [0.25, 0.3) is 0 Å². The summed E-state index contributed by atoms with van der Waals surface area (Å²) in [7, 11) is 1.94. The van der Waals surface area contributed by atoms with Crippen molar-refractivity contribution in [3.05, 3.63) is 23.0 Å². The summed E-state index contributed by atoms with van der Waals surface area (Å²) in [6.45, 7) is 1.38. The lowest BCUT2D eigenvalue weighted by atomic mass is 9.87. The molecule has 1 aliphatic heterocycles. The van der Waals surface area contributed by atoms with Crippen LogP contribution in [0.4, 0.5) is 0 Å². The van der Waals surface area contributed by atoms with Crippen molar-refractivity contribution < 1.29 is 14.6 Å². The third-order valence-electron chi connectivity index (χ3n) is 4.07. The minimum Gasteiger partial charge on any atom is -0.481 e. The second kappa shape index (κ2) is 4.81. The van der Waals surface area contributed by atoms with Gasteiger partial charge in [-0.2, -0.15) is 5.10 Å². The summed E-state index contributed by atoms with van der Waals surface area (Å²) >= 11 is 0.